The van der Waals surface area contributed by atoms with E-state index in [-0.39, 0.29) is 6.10 Å². The van der Waals surface area contributed by atoms with E-state index in [0.29, 0.717) is 0 Å². The van der Waals surface area contributed by atoms with Crippen molar-refractivity contribution in [2.75, 3.05) is 39.5 Å². The third-order valence-corrected chi connectivity index (χ3v) is 2.91. The summed E-state index contributed by atoms with van der Waals surface area (Å²) in [4.78, 5) is 2.47. The topological polar surface area (TPSA) is 21.7 Å². The lowest BCUT2D eigenvalue weighted by Gasteiger charge is -2.32. The van der Waals surface area contributed by atoms with Gasteiger partial charge in [-0.1, -0.05) is 20.8 Å². The van der Waals surface area contributed by atoms with Crippen molar-refractivity contribution in [3.8, 4) is 0 Å². The van der Waals surface area contributed by atoms with Gasteiger partial charge in [-0.2, -0.15) is 0 Å². The molecule has 3 nitrogen and oxygen atoms in total. The van der Waals surface area contributed by atoms with Crippen molar-refractivity contribution in [3.63, 3.8) is 0 Å². The third kappa shape index (κ3) is 5.83. The largest absolute Gasteiger partial charge is 0.379 e. The van der Waals surface area contributed by atoms with Crippen LogP contribution < -0.4 is 0 Å². The Labute approximate surface area is 100 Å². The van der Waals surface area contributed by atoms with Crippen LogP contribution in [0, 0.1) is 5.92 Å². The van der Waals surface area contributed by atoms with Crippen molar-refractivity contribution < 1.29 is 9.47 Å². The minimum Gasteiger partial charge on any atom is -0.379 e. The summed E-state index contributed by atoms with van der Waals surface area (Å²) in [5, 5.41) is 0. The van der Waals surface area contributed by atoms with E-state index in [2.05, 4.69) is 25.7 Å². The summed E-state index contributed by atoms with van der Waals surface area (Å²) in [7, 11) is 0. The molecule has 1 aliphatic rings. The van der Waals surface area contributed by atoms with Crippen LogP contribution in [-0.2, 0) is 9.47 Å². The summed E-state index contributed by atoms with van der Waals surface area (Å²) >= 11 is 0. The highest BCUT2D eigenvalue weighted by molar-refractivity contribution is 4.70. The van der Waals surface area contributed by atoms with Crippen molar-refractivity contribution in [1.29, 1.82) is 0 Å². The first kappa shape index (κ1) is 13.9. The number of hydrogen-bond acceptors (Lipinski definition) is 3. The van der Waals surface area contributed by atoms with Gasteiger partial charge < -0.3 is 9.47 Å². The monoisotopic (exact) mass is 229 g/mol. The maximum Gasteiger partial charge on any atom is 0.0935 e. The Morgan fingerprint density at radius 3 is 2.94 bits per heavy atom. The van der Waals surface area contributed by atoms with Crippen LogP contribution in [0.1, 0.15) is 33.6 Å². The van der Waals surface area contributed by atoms with Crippen LogP contribution >= 0.6 is 0 Å². The molecular weight excluding hydrogens is 202 g/mol. The molecule has 0 spiro atoms. The van der Waals surface area contributed by atoms with Crippen molar-refractivity contribution in [3.05, 3.63) is 0 Å². The van der Waals surface area contributed by atoms with Gasteiger partial charge in [0.05, 0.1) is 19.3 Å². The molecule has 0 aromatic heterocycles. The van der Waals surface area contributed by atoms with Crippen LogP contribution in [0.15, 0.2) is 0 Å². The highest BCUT2D eigenvalue weighted by atomic mass is 16.5. The molecule has 0 N–H and O–H groups in total. The van der Waals surface area contributed by atoms with E-state index >= 15 is 0 Å². The van der Waals surface area contributed by atoms with Gasteiger partial charge in [0.15, 0.2) is 0 Å². The number of ether oxygens (including phenoxy) is 2. The Bertz CT molecular complexity index is 171. The van der Waals surface area contributed by atoms with Gasteiger partial charge in [0.2, 0.25) is 0 Å². The van der Waals surface area contributed by atoms with E-state index in [1.165, 1.54) is 13.0 Å². The van der Waals surface area contributed by atoms with Crippen molar-refractivity contribution in [2.45, 2.75) is 39.7 Å². The molecule has 0 radical (unpaired) electrons. The molecule has 0 aromatic carbocycles. The molecule has 1 saturated heterocycles. The molecular formula is C13H27NO2. The number of rotatable bonds is 7. The maximum atomic E-state index is 5.69. The number of morpholine rings is 1. The minimum absolute atomic E-state index is 0.285. The Morgan fingerprint density at radius 2 is 2.25 bits per heavy atom. The lowest BCUT2D eigenvalue weighted by molar-refractivity contribution is -0.0698. The summed E-state index contributed by atoms with van der Waals surface area (Å²) in [5.74, 6) is 0.726. The lowest BCUT2D eigenvalue weighted by Crippen LogP contribution is -2.44. The average Bonchev–Trinajstić information content (AvgIpc) is 2.25. The Hall–Kier alpha value is -0.120. The number of hydrogen-bond donors (Lipinski definition) is 0. The summed E-state index contributed by atoms with van der Waals surface area (Å²) < 4.78 is 11.4. The highest BCUT2D eigenvalue weighted by Gasteiger charge is 2.19. The summed E-state index contributed by atoms with van der Waals surface area (Å²) in [6.07, 6.45) is 2.65. The second-order valence-corrected chi connectivity index (χ2v) is 5.05. The van der Waals surface area contributed by atoms with Gasteiger partial charge >= 0.3 is 0 Å². The Kier molecular flexibility index (Phi) is 7.01. The van der Waals surface area contributed by atoms with E-state index in [1.807, 2.05) is 0 Å². The summed E-state index contributed by atoms with van der Waals surface area (Å²) in [6, 6.07) is 0. The highest BCUT2D eigenvalue weighted by Crippen LogP contribution is 2.07. The van der Waals surface area contributed by atoms with Crippen LogP contribution in [-0.4, -0.2) is 50.5 Å². The molecule has 0 saturated carbocycles. The molecule has 1 atom stereocenters. The molecule has 16 heavy (non-hydrogen) atoms. The molecule has 1 fully saturated rings. The molecule has 0 amide bonds. The van der Waals surface area contributed by atoms with Gasteiger partial charge in [-0.25, -0.2) is 0 Å². The van der Waals surface area contributed by atoms with Gasteiger partial charge in [-0.15, -0.1) is 0 Å². The van der Waals surface area contributed by atoms with Crippen LogP contribution in [0.4, 0.5) is 0 Å². The number of nitrogens with zero attached hydrogens (tertiary/aromatic N) is 1. The fourth-order valence-corrected chi connectivity index (χ4v) is 1.93. The quantitative estimate of drug-likeness (QED) is 0.624. The molecule has 0 aromatic rings. The lowest BCUT2D eigenvalue weighted by atomic mass is 10.1. The first-order valence-electron chi connectivity index (χ1n) is 6.64. The van der Waals surface area contributed by atoms with E-state index in [0.717, 1.165) is 45.2 Å². The maximum absolute atomic E-state index is 5.69. The molecule has 0 aliphatic carbocycles. The second kappa shape index (κ2) is 8.04. The molecule has 1 rings (SSSR count). The normalized spacial score (nSPS) is 22.9. The summed E-state index contributed by atoms with van der Waals surface area (Å²) in [6.45, 7) is 12.5. The first-order chi connectivity index (χ1) is 7.72. The molecule has 96 valence electrons. The van der Waals surface area contributed by atoms with Crippen molar-refractivity contribution in [2.24, 2.45) is 5.92 Å². The summed E-state index contributed by atoms with van der Waals surface area (Å²) in [5.41, 5.74) is 0. The van der Waals surface area contributed by atoms with Crippen LogP contribution in [0.25, 0.3) is 0 Å². The fraction of sp³-hybridized carbons (Fsp3) is 1.00. The predicted molar refractivity (Wildman–Crippen MR) is 66.7 cm³/mol. The molecule has 0 bridgehead atoms. The van der Waals surface area contributed by atoms with E-state index in [9.17, 15) is 0 Å². The standard InChI is InChI=1S/C13H27NO2/c1-4-6-14-7-9-16-13(10-14)11-15-8-5-12(2)3/h12-13H,4-11H2,1-3H3. The SMILES string of the molecule is CCCN1CCOC(COCCC(C)C)C1. The molecule has 1 unspecified atom stereocenters. The van der Waals surface area contributed by atoms with E-state index in [4.69, 9.17) is 9.47 Å². The van der Waals surface area contributed by atoms with Crippen molar-refractivity contribution in [1.82, 2.24) is 4.90 Å². The molecule has 3 heteroatoms. The average molecular weight is 229 g/mol. The van der Waals surface area contributed by atoms with E-state index in [1.54, 1.807) is 0 Å². The van der Waals surface area contributed by atoms with Crippen LogP contribution in [0.5, 0.6) is 0 Å². The zero-order valence-electron chi connectivity index (χ0n) is 11.1. The van der Waals surface area contributed by atoms with Gasteiger partial charge in [-0.05, 0) is 25.3 Å². The van der Waals surface area contributed by atoms with Gasteiger partial charge in [0.25, 0.3) is 0 Å². The zero-order valence-corrected chi connectivity index (χ0v) is 11.1. The van der Waals surface area contributed by atoms with Crippen molar-refractivity contribution >= 4 is 0 Å². The predicted octanol–water partition coefficient (Wildman–Crippen LogP) is 2.16. The minimum atomic E-state index is 0.285. The Morgan fingerprint density at radius 1 is 1.44 bits per heavy atom. The molecule has 1 aliphatic heterocycles. The zero-order chi connectivity index (χ0) is 11.8. The van der Waals surface area contributed by atoms with Crippen LogP contribution in [0.2, 0.25) is 0 Å². The Balaban J connectivity index is 2.07. The second-order valence-electron chi connectivity index (χ2n) is 5.05. The van der Waals surface area contributed by atoms with Gasteiger partial charge in [0.1, 0.15) is 0 Å². The van der Waals surface area contributed by atoms with Gasteiger partial charge in [0, 0.05) is 19.7 Å². The smallest absolute Gasteiger partial charge is 0.0935 e. The van der Waals surface area contributed by atoms with Gasteiger partial charge in [-0.3, -0.25) is 4.90 Å². The fourth-order valence-electron chi connectivity index (χ4n) is 1.93. The first-order valence-corrected chi connectivity index (χ1v) is 6.64. The third-order valence-electron chi connectivity index (χ3n) is 2.91. The molecule has 1 heterocycles. The van der Waals surface area contributed by atoms with E-state index < -0.39 is 0 Å². The van der Waals surface area contributed by atoms with Crippen LogP contribution in [0.3, 0.4) is 0 Å².